The van der Waals surface area contributed by atoms with Crippen LogP contribution >= 0.6 is 0 Å². The van der Waals surface area contributed by atoms with E-state index in [-0.39, 0.29) is 18.2 Å². The van der Waals surface area contributed by atoms with E-state index in [1.54, 1.807) is 0 Å². The number of amides is 1. The molecule has 0 saturated heterocycles. The average molecular weight is 312 g/mol. The van der Waals surface area contributed by atoms with Gasteiger partial charge in [-0.1, -0.05) is 43.7 Å². The highest BCUT2D eigenvalue weighted by Crippen LogP contribution is 2.03. The van der Waals surface area contributed by atoms with Gasteiger partial charge in [-0.3, -0.25) is 4.79 Å². The van der Waals surface area contributed by atoms with Crippen molar-refractivity contribution in [3.63, 3.8) is 0 Å². The summed E-state index contributed by atoms with van der Waals surface area (Å²) in [4.78, 5) is 11.4. The lowest BCUT2D eigenvalue weighted by atomic mass is 10.1. The standard InChI is InChI=1S/C15H24N2O3S/c1-2-3-11-16-15(18)13-17-21(19,20)12-7-10-14-8-5-4-6-9-14/h4-6,8-9,17H,2-3,7,10-13H2,1H3,(H,16,18). The van der Waals surface area contributed by atoms with E-state index < -0.39 is 10.0 Å². The molecule has 0 unspecified atom stereocenters. The van der Waals surface area contributed by atoms with Gasteiger partial charge >= 0.3 is 0 Å². The van der Waals surface area contributed by atoms with Crippen molar-refractivity contribution in [3.8, 4) is 0 Å². The molecule has 0 bridgehead atoms. The lowest BCUT2D eigenvalue weighted by Gasteiger charge is -2.07. The number of rotatable bonds is 10. The molecule has 0 heterocycles. The van der Waals surface area contributed by atoms with Gasteiger partial charge in [0.05, 0.1) is 12.3 Å². The molecular formula is C15H24N2O3S. The van der Waals surface area contributed by atoms with Gasteiger partial charge in [0.15, 0.2) is 0 Å². The number of unbranched alkanes of at least 4 members (excludes halogenated alkanes) is 1. The molecule has 0 saturated carbocycles. The maximum Gasteiger partial charge on any atom is 0.235 e. The Labute approximate surface area is 127 Å². The second-order valence-electron chi connectivity index (χ2n) is 4.93. The van der Waals surface area contributed by atoms with Gasteiger partial charge in [0, 0.05) is 6.54 Å². The molecule has 0 aliphatic heterocycles. The number of carbonyl (C=O) groups excluding carboxylic acids is 1. The molecule has 1 rings (SSSR count). The number of hydrogen-bond acceptors (Lipinski definition) is 3. The Morgan fingerprint density at radius 2 is 1.86 bits per heavy atom. The van der Waals surface area contributed by atoms with E-state index in [0.29, 0.717) is 19.4 Å². The van der Waals surface area contributed by atoms with E-state index in [2.05, 4.69) is 10.0 Å². The van der Waals surface area contributed by atoms with Crippen LogP contribution in [0.4, 0.5) is 0 Å². The maximum atomic E-state index is 11.8. The highest BCUT2D eigenvalue weighted by molar-refractivity contribution is 7.89. The lowest BCUT2D eigenvalue weighted by molar-refractivity contribution is -0.119. The molecule has 1 amide bonds. The Balaban J connectivity index is 2.22. The molecule has 118 valence electrons. The summed E-state index contributed by atoms with van der Waals surface area (Å²) in [6, 6.07) is 9.74. The van der Waals surface area contributed by atoms with Crippen LogP contribution in [0.1, 0.15) is 31.7 Å². The minimum absolute atomic E-state index is 0.0319. The van der Waals surface area contributed by atoms with Crippen LogP contribution in [0.5, 0.6) is 0 Å². The van der Waals surface area contributed by atoms with E-state index in [1.807, 2.05) is 37.3 Å². The van der Waals surface area contributed by atoms with Gasteiger partial charge in [0.25, 0.3) is 0 Å². The molecule has 1 aromatic rings. The van der Waals surface area contributed by atoms with Crippen LogP contribution < -0.4 is 10.0 Å². The molecule has 1 aromatic carbocycles. The topological polar surface area (TPSA) is 75.3 Å². The van der Waals surface area contributed by atoms with Gasteiger partial charge < -0.3 is 5.32 Å². The first-order chi connectivity index (χ1) is 10.0. The summed E-state index contributed by atoms with van der Waals surface area (Å²) in [5.74, 6) is -0.250. The fourth-order valence-corrected chi connectivity index (χ4v) is 2.85. The Kier molecular flexibility index (Phi) is 8.00. The molecule has 6 heteroatoms. The number of nitrogens with one attached hydrogen (secondary N) is 2. The number of carbonyl (C=O) groups is 1. The zero-order valence-corrected chi connectivity index (χ0v) is 13.3. The predicted octanol–water partition coefficient (Wildman–Crippen LogP) is 1.45. The maximum absolute atomic E-state index is 11.8. The first-order valence-electron chi connectivity index (χ1n) is 7.31. The summed E-state index contributed by atoms with van der Waals surface area (Å²) in [6.45, 7) is 2.43. The smallest absolute Gasteiger partial charge is 0.235 e. The van der Waals surface area contributed by atoms with Crippen LogP contribution in [0.2, 0.25) is 0 Å². The fraction of sp³-hybridized carbons (Fsp3) is 0.533. The summed E-state index contributed by atoms with van der Waals surface area (Å²) < 4.78 is 25.9. The molecule has 0 atom stereocenters. The van der Waals surface area contributed by atoms with Gasteiger partial charge in [0.2, 0.25) is 15.9 Å². The number of aryl methyl sites for hydroxylation is 1. The molecule has 0 fully saturated rings. The zero-order valence-electron chi connectivity index (χ0n) is 12.5. The minimum Gasteiger partial charge on any atom is -0.355 e. The summed E-state index contributed by atoms with van der Waals surface area (Å²) in [5.41, 5.74) is 1.12. The Hall–Kier alpha value is -1.40. The molecule has 0 aliphatic carbocycles. The summed E-state index contributed by atoms with van der Waals surface area (Å²) in [5, 5.41) is 2.67. The molecule has 0 aliphatic rings. The van der Waals surface area contributed by atoms with Crippen molar-refractivity contribution in [1.29, 1.82) is 0 Å². The number of benzene rings is 1. The molecular weight excluding hydrogens is 288 g/mol. The third-order valence-corrected chi connectivity index (χ3v) is 4.44. The number of hydrogen-bond donors (Lipinski definition) is 2. The molecule has 21 heavy (non-hydrogen) atoms. The highest BCUT2D eigenvalue weighted by atomic mass is 32.2. The first kappa shape index (κ1) is 17.7. The summed E-state index contributed by atoms with van der Waals surface area (Å²) in [7, 11) is -3.39. The summed E-state index contributed by atoms with van der Waals surface area (Å²) in [6.07, 6.45) is 3.14. The lowest BCUT2D eigenvalue weighted by Crippen LogP contribution is -2.38. The van der Waals surface area contributed by atoms with Crippen LogP contribution in [0.25, 0.3) is 0 Å². The third kappa shape index (κ3) is 8.47. The van der Waals surface area contributed by atoms with Crippen LogP contribution in [-0.4, -0.2) is 33.2 Å². The van der Waals surface area contributed by atoms with Crippen molar-refractivity contribution >= 4 is 15.9 Å². The van der Waals surface area contributed by atoms with E-state index in [4.69, 9.17) is 0 Å². The predicted molar refractivity (Wildman–Crippen MR) is 84.5 cm³/mol. The molecule has 0 spiro atoms. The molecule has 0 aromatic heterocycles. The third-order valence-electron chi connectivity index (χ3n) is 3.03. The Morgan fingerprint density at radius 1 is 1.14 bits per heavy atom. The fourth-order valence-electron chi connectivity index (χ4n) is 1.83. The Bertz CT molecular complexity index is 515. The second-order valence-corrected chi connectivity index (χ2v) is 6.86. The molecule has 2 N–H and O–H groups in total. The van der Waals surface area contributed by atoms with Gasteiger partial charge in [0.1, 0.15) is 0 Å². The monoisotopic (exact) mass is 312 g/mol. The van der Waals surface area contributed by atoms with Crippen LogP contribution in [0.3, 0.4) is 0 Å². The van der Waals surface area contributed by atoms with Crippen molar-refractivity contribution in [2.24, 2.45) is 0 Å². The van der Waals surface area contributed by atoms with Crippen LogP contribution in [0, 0.1) is 0 Å². The van der Waals surface area contributed by atoms with Gasteiger partial charge in [-0.25, -0.2) is 13.1 Å². The van der Waals surface area contributed by atoms with Crippen molar-refractivity contribution in [2.45, 2.75) is 32.6 Å². The first-order valence-corrected chi connectivity index (χ1v) is 8.96. The Morgan fingerprint density at radius 3 is 2.52 bits per heavy atom. The summed E-state index contributed by atoms with van der Waals surface area (Å²) >= 11 is 0. The van der Waals surface area contributed by atoms with Gasteiger partial charge in [-0.05, 0) is 24.8 Å². The zero-order chi connectivity index (χ0) is 15.6. The average Bonchev–Trinajstić information content (AvgIpc) is 2.46. The number of sulfonamides is 1. The van der Waals surface area contributed by atoms with E-state index >= 15 is 0 Å². The van der Waals surface area contributed by atoms with Crippen molar-refractivity contribution in [3.05, 3.63) is 35.9 Å². The van der Waals surface area contributed by atoms with E-state index in [1.165, 1.54) is 0 Å². The van der Waals surface area contributed by atoms with Crippen LogP contribution in [0.15, 0.2) is 30.3 Å². The van der Waals surface area contributed by atoms with E-state index in [0.717, 1.165) is 18.4 Å². The minimum atomic E-state index is -3.39. The normalized spacial score (nSPS) is 11.3. The molecule has 5 nitrogen and oxygen atoms in total. The van der Waals surface area contributed by atoms with Crippen molar-refractivity contribution in [2.75, 3.05) is 18.8 Å². The largest absolute Gasteiger partial charge is 0.355 e. The quantitative estimate of drug-likeness (QED) is 0.642. The van der Waals surface area contributed by atoms with Crippen molar-refractivity contribution < 1.29 is 13.2 Å². The SMILES string of the molecule is CCCCNC(=O)CNS(=O)(=O)CCCc1ccccc1. The van der Waals surface area contributed by atoms with Crippen molar-refractivity contribution in [1.82, 2.24) is 10.0 Å². The van der Waals surface area contributed by atoms with E-state index in [9.17, 15) is 13.2 Å². The van der Waals surface area contributed by atoms with Gasteiger partial charge in [-0.15, -0.1) is 0 Å². The van der Waals surface area contributed by atoms with Gasteiger partial charge in [-0.2, -0.15) is 0 Å². The molecule has 0 radical (unpaired) electrons. The second kappa shape index (κ2) is 9.52. The van der Waals surface area contributed by atoms with Crippen LogP contribution in [-0.2, 0) is 21.2 Å². The highest BCUT2D eigenvalue weighted by Gasteiger charge is 2.11.